The van der Waals surface area contributed by atoms with Crippen LogP contribution in [0.5, 0.6) is 0 Å². The fraction of sp³-hybridized carbons (Fsp3) is 0.0769. The summed E-state index contributed by atoms with van der Waals surface area (Å²) in [5.74, 6) is -0.116. The smallest absolute Gasteiger partial charge is 0.335 e. The molecule has 7 nitrogen and oxygen atoms in total. The summed E-state index contributed by atoms with van der Waals surface area (Å²) < 4.78 is 10.3. The van der Waals surface area contributed by atoms with E-state index in [1.807, 2.05) is 0 Å². The number of carboxylic acid groups (broad SMARTS) is 1. The topological polar surface area (TPSA) is 102 Å². The first-order chi connectivity index (χ1) is 9.65. The second-order valence-corrected chi connectivity index (χ2v) is 4.08. The monoisotopic (exact) mass is 271 g/mol. The van der Waals surface area contributed by atoms with Gasteiger partial charge < -0.3 is 14.0 Å². The van der Waals surface area contributed by atoms with Crippen LogP contribution in [-0.2, 0) is 0 Å². The first-order valence-electron chi connectivity index (χ1n) is 5.73. The van der Waals surface area contributed by atoms with Crippen molar-refractivity contribution in [2.45, 2.75) is 6.92 Å². The molecule has 1 N–H and O–H groups in total. The molecule has 3 aromatic rings. The van der Waals surface area contributed by atoms with Crippen molar-refractivity contribution in [3.63, 3.8) is 0 Å². The van der Waals surface area contributed by atoms with Gasteiger partial charge in [-0.15, -0.1) is 0 Å². The summed E-state index contributed by atoms with van der Waals surface area (Å²) in [7, 11) is 0. The number of hydrogen-bond acceptors (Lipinski definition) is 6. The van der Waals surface area contributed by atoms with Crippen LogP contribution < -0.4 is 0 Å². The number of oxazole rings is 1. The van der Waals surface area contributed by atoms with Gasteiger partial charge in [0.1, 0.15) is 0 Å². The van der Waals surface area contributed by atoms with Crippen molar-refractivity contribution in [1.82, 2.24) is 15.1 Å². The average molecular weight is 271 g/mol. The molecule has 0 atom stereocenters. The van der Waals surface area contributed by atoms with Crippen molar-refractivity contribution >= 4 is 5.97 Å². The van der Waals surface area contributed by atoms with E-state index in [4.69, 9.17) is 14.0 Å². The summed E-state index contributed by atoms with van der Waals surface area (Å²) in [4.78, 5) is 19.1. The van der Waals surface area contributed by atoms with Gasteiger partial charge in [-0.1, -0.05) is 17.3 Å². The summed E-state index contributed by atoms with van der Waals surface area (Å²) in [6.07, 6.45) is 1.29. The maximum atomic E-state index is 10.9. The number of carboxylic acids is 1. The molecule has 3 rings (SSSR count). The SMILES string of the molecule is Cc1ncoc1-c1nc(-c2cccc(C(=O)O)c2)no1. The minimum absolute atomic E-state index is 0.157. The van der Waals surface area contributed by atoms with Gasteiger partial charge in [-0.25, -0.2) is 9.78 Å². The van der Waals surface area contributed by atoms with Gasteiger partial charge in [-0.05, 0) is 19.1 Å². The van der Waals surface area contributed by atoms with E-state index < -0.39 is 5.97 Å². The first-order valence-corrected chi connectivity index (χ1v) is 5.73. The highest BCUT2D eigenvalue weighted by Gasteiger charge is 2.16. The zero-order chi connectivity index (χ0) is 14.1. The van der Waals surface area contributed by atoms with E-state index in [0.29, 0.717) is 22.8 Å². The Labute approximate surface area is 112 Å². The van der Waals surface area contributed by atoms with Gasteiger partial charge in [0.2, 0.25) is 11.6 Å². The molecule has 0 fully saturated rings. The van der Waals surface area contributed by atoms with Gasteiger partial charge in [-0.2, -0.15) is 4.98 Å². The van der Waals surface area contributed by atoms with Crippen LogP contribution in [0.15, 0.2) is 39.6 Å². The molecule has 0 aliphatic carbocycles. The molecule has 20 heavy (non-hydrogen) atoms. The van der Waals surface area contributed by atoms with Crippen molar-refractivity contribution in [2.75, 3.05) is 0 Å². The first kappa shape index (κ1) is 12.1. The number of aryl methyl sites for hydroxylation is 1. The highest BCUT2D eigenvalue weighted by atomic mass is 16.5. The molecule has 0 aliphatic heterocycles. The Morgan fingerprint density at radius 2 is 2.20 bits per heavy atom. The lowest BCUT2D eigenvalue weighted by Gasteiger charge is -1.96. The second-order valence-electron chi connectivity index (χ2n) is 4.08. The van der Waals surface area contributed by atoms with E-state index in [-0.39, 0.29) is 11.5 Å². The van der Waals surface area contributed by atoms with Crippen molar-refractivity contribution in [3.05, 3.63) is 41.9 Å². The van der Waals surface area contributed by atoms with Crippen LogP contribution in [0.2, 0.25) is 0 Å². The van der Waals surface area contributed by atoms with Crippen LogP contribution in [-0.4, -0.2) is 26.2 Å². The van der Waals surface area contributed by atoms with Crippen molar-refractivity contribution in [2.24, 2.45) is 0 Å². The van der Waals surface area contributed by atoms with Gasteiger partial charge in [0, 0.05) is 5.56 Å². The van der Waals surface area contributed by atoms with Gasteiger partial charge in [0.05, 0.1) is 11.3 Å². The Kier molecular flexibility index (Phi) is 2.79. The molecule has 0 aliphatic rings. The van der Waals surface area contributed by atoms with Crippen LogP contribution in [0.25, 0.3) is 23.0 Å². The van der Waals surface area contributed by atoms with Crippen LogP contribution >= 0.6 is 0 Å². The van der Waals surface area contributed by atoms with Crippen LogP contribution in [0.3, 0.4) is 0 Å². The molecule has 0 amide bonds. The third kappa shape index (κ3) is 2.05. The second kappa shape index (κ2) is 4.61. The number of rotatable bonds is 3. The van der Waals surface area contributed by atoms with E-state index in [9.17, 15) is 4.79 Å². The number of benzene rings is 1. The number of hydrogen-bond donors (Lipinski definition) is 1. The van der Waals surface area contributed by atoms with Gasteiger partial charge in [-0.3, -0.25) is 0 Å². The number of aromatic nitrogens is 3. The molecule has 0 saturated carbocycles. The Hall–Kier alpha value is -2.96. The highest BCUT2D eigenvalue weighted by Crippen LogP contribution is 2.24. The molecular formula is C13H9N3O4. The maximum absolute atomic E-state index is 10.9. The molecule has 2 heterocycles. The molecule has 0 bridgehead atoms. The van der Waals surface area contributed by atoms with E-state index in [0.717, 1.165) is 0 Å². The maximum Gasteiger partial charge on any atom is 0.335 e. The molecule has 2 aromatic heterocycles. The minimum Gasteiger partial charge on any atom is -0.478 e. The number of aromatic carboxylic acids is 1. The van der Waals surface area contributed by atoms with Crippen molar-refractivity contribution in [3.8, 4) is 23.0 Å². The predicted octanol–water partition coefficient (Wildman–Crippen LogP) is 2.40. The van der Waals surface area contributed by atoms with E-state index in [1.54, 1.807) is 19.1 Å². The quantitative estimate of drug-likeness (QED) is 0.780. The lowest BCUT2D eigenvalue weighted by Crippen LogP contribution is -1.96. The zero-order valence-corrected chi connectivity index (χ0v) is 10.4. The standard InChI is InChI=1S/C13H9N3O4/c1-7-10(19-6-14-7)12-15-11(16-20-12)8-3-2-4-9(5-8)13(17)18/h2-6H,1H3,(H,17,18). The molecule has 7 heteroatoms. The summed E-state index contributed by atoms with van der Waals surface area (Å²) in [6, 6.07) is 6.29. The zero-order valence-electron chi connectivity index (χ0n) is 10.4. The number of nitrogens with zero attached hydrogens (tertiary/aromatic N) is 3. The Balaban J connectivity index is 2.00. The summed E-state index contributed by atoms with van der Waals surface area (Å²) in [5.41, 5.74) is 1.35. The van der Waals surface area contributed by atoms with E-state index in [2.05, 4.69) is 15.1 Å². The number of carbonyl (C=O) groups is 1. The fourth-order valence-corrected chi connectivity index (χ4v) is 1.73. The molecule has 100 valence electrons. The Morgan fingerprint density at radius 1 is 1.35 bits per heavy atom. The van der Waals surface area contributed by atoms with Crippen molar-refractivity contribution in [1.29, 1.82) is 0 Å². The van der Waals surface area contributed by atoms with Gasteiger partial charge in [0.15, 0.2) is 6.39 Å². The van der Waals surface area contributed by atoms with E-state index in [1.165, 1.54) is 18.5 Å². The average Bonchev–Trinajstić information content (AvgIpc) is 3.07. The third-order valence-electron chi connectivity index (χ3n) is 2.73. The third-order valence-corrected chi connectivity index (χ3v) is 2.73. The Morgan fingerprint density at radius 3 is 2.90 bits per heavy atom. The fourth-order valence-electron chi connectivity index (χ4n) is 1.73. The highest BCUT2D eigenvalue weighted by molar-refractivity contribution is 5.89. The van der Waals surface area contributed by atoms with Crippen LogP contribution in [0.4, 0.5) is 0 Å². The molecular weight excluding hydrogens is 262 g/mol. The minimum atomic E-state index is -1.01. The summed E-state index contributed by atoms with van der Waals surface area (Å²) >= 11 is 0. The molecule has 0 saturated heterocycles. The normalized spacial score (nSPS) is 10.7. The summed E-state index contributed by atoms with van der Waals surface area (Å²) in [5, 5.41) is 12.8. The van der Waals surface area contributed by atoms with Crippen LogP contribution in [0, 0.1) is 6.92 Å². The molecule has 0 spiro atoms. The largest absolute Gasteiger partial charge is 0.478 e. The van der Waals surface area contributed by atoms with Crippen LogP contribution in [0.1, 0.15) is 16.1 Å². The Bertz CT molecular complexity index is 775. The summed E-state index contributed by atoms with van der Waals surface area (Å²) in [6.45, 7) is 1.76. The predicted molar refractivity (Wildman–Crippen MR) is 66.9 cm³/mol. The lowest BCUT2D eigenvalue weighted by atomic mass is 10.1. The molecule has 0 unspecified atom stereocenters. The van der Waals surface area contributed by atoms with Gasteiger partial charge >= 0.3 is 5.97 Å². The lowest BCUT2D eigenvalue weighted by molar-refractivity contribution is 0.0697. The molecule has 0 radical (unpaired) electrons. The van der Waals surface area contributed by atoms with E-state index >= 15 is 0 Å². The van der Waals surface area contributed by atoms with Crippen molar-refractivity contribution < 1.29 is 18.8 Å². The molecule has 1 aromatic carbocycles. The van der Waals surface area contributed by atoms with Gasteiger partial charge in [0.25, 0.3) is 5.89 Å².